The van der Waals surface area contributed by atoms with Crippen molar-refractivity contribution in [2.45, 2.75) is 60.6 Å². The van der Waals surface area contributed by atoms with Crippen LogP contribution >= 0.6 is 11.3 Å². The van der Waals surface area contributed by atoms with E-state index in [0.717, 1.165) is 28.9 Å². The Morgan fingerprint density at radius 2 is 1.61 bits per heavy atom. The Morgan fingerprint density at radius 3 is 2.27 bits per heavy atom. The summed E-state index contributed by atoms with van der Waals surface area (Å²) in [7, 11) is -1.34. The first-order chi connectivity index (χ1) is 24.1. The first-order valence-corrected chi connectivity index (χ1v) is 20.8. The fourth-order valence-corrected chi connectivity index (χ4v) is 8.17. The molecule has 7 aromatic rings. The van der Waals surface area contributed by atoms with Crippen LogP contribution < -0.4 is 5.19 Å². The second-order valence-electron chi connectivity index (χ2n) is 14.7. The molecule has 251 valence electrons. The molecule has 0 fully saturated rings. The molecule has 0 amide bonds. The molecule has 5 heteroatoms. The molecule has 0 saturated carbocycles. The Kier molecular flexibility index (Phi) is 9.96. The van der Waals surface area contributed by atoms with E-state index in [2.05, 4.69) is 142 Å². The van der Waals surface area contributed by atoms with Gasteiger partial charge in [0, 0.05) is 41.3 Å². The summed E-state index contributed by atoms with van der Waals surface area (Å²) < 4.78 is 24.6. The molecule has 0 bridgehead atoms. The Labute approximate surface area is 315 Å². The van der Waals surface area contributed by atoms with Crippen molar-refractivity contribution in [3.63, 3.8) is 0 Å². The van der Waals surface area contributed by atoms with Crippen LogP contribution in [0.2, 0.25) is 19.6 Å². The summed E-state index contributed by atoms with van der Waals surface area (Å²) in [6.45, 7) is 13.8. The number of pyridine rings is 2. The van der Waals surface area contributed by atoms with E-state index in [4.69, 9.17) is 4.11 Å². The molecule has 0 saturated heterocycles. The topological polar surface area (TPSA) is 25.8 Å². The van der Waals surface area contributed by atoms with Gasteiger partial charge in [-0.2, -0.15) is 11.3 Å². The van der Waals surface area contributed by atoms with Crippen LogP contribution in [0, 0.1) is 31.3 Å². The number of hydrogen-bond donors (Lipinski definition) is 0. The van der Waals surface area contributed by atoms with Gasteiger partial charge in [0.2, 0.25) is 0 Å². The Morgan fingerprint density at radius 1 is 0.837 bits per heavy atom. The standard InChI is InChI=1S/C29H26NS.C15H18NSi.Ir/c1-19-23(21-8-6-5-7-9-21)12-13-26-28(19)24-11-10-22(17-27(24)31-26)25-16-20(14-15-30-25)18-29(2,3)4;1-12-5-7-13(8-6-12)15-10-9-14(11-16-15)17(2,3)4;/h5-16H,18H2,1-4H3;5-7,9-11H,1-4H3;/q2*-1;/i;1D3;. The molecular formula is C44H44IrN2SSi-2. The molecule has 7 rings (SSSR count). The SMILES string of the molecule is Cc1c(-c2ccccc2)ccc2sc3[c-]c(-c4cc(CC(C)(C)C)ccn4)ccc3c12.[2H]C([2H])([2H])c1c[c-]c(-c2ccc([Si](C)(C)C)cn2)cc1.[Ir]. The summed E-state index contributed by atoms with van der Waals surface area (Å²) in [6.07, 6.45) is 4.89. The van der Waals surface area contributed by atoms with Gasteiger partial charge >= 0.3 is 0 Å². The fourth-order valence-electron chi connectivity index (χ4n) is 5.97. The van der Waals surface area contributed by atoms with Gasteiger partial charge < -0.3 is 9.97 Å². The maximum Gasteiger partial charge on any atom is 0.0795 e. The number of aromatic nitrogens is 2. The molecule has 49 heavy (non-hydrogen) atoms. The van der Waals surface area contributed by atoms with Crippen LogP contribution in [-0.2, 0) is 26.5 Å². The summed E-state index contributed by atoms with van der Waals surface area (Å²) in [4.78, 5) is 9.12. The second kappa shape index (κ2) is 15.0. The zero-order valence-corrected chi connectivity index (χ0v) is 33.4. The maximum atomic E-state index is 7.35. The summed E-state index contributed by atoms with van der Waals surface area (Å²) in [5.41, 5.74) is 9.50. The maximum absolute atomic E-state index is 7.35. The molecule has 0 unspecified atom stereocenters. The minimum absolute atomic E-state index is 0. The second-order valence-corrected chi connectivity index (χ2v) is 20.8. The van der Waals surface area contributed by atoms with Crippen molar-refractivity contribution in [3.8, 4) is 33.6 Å². The van der Waals surface area contributed by atoms with Gasteiger partial charge in [0.25, 0.3) is 0 Å². The monoisotopic (exact) mass is 856 g/mol. The smallest absolute Gasteiger partial charge is 0.0795 e. The van der Waals surface area contributed by atoms with Crippen molar-refractivity contribution in [1.82, 2.24) is 9.97 Å². The van der Waals surface area contributed by atoms with Crippen LogP contribution in [0.4, 0.5) is 0 Å². The number of fused-ring (bicyclic) bond motifs is 3. The molecule has 2 nitrogen and oxygen atoms in total. The van der Waals surface area contributed by atoms with Gasteiger partial charge in [0.15, 0.2) is 0 Å². The van der Waals surface area contributed by atoms with Crippen LogP contribution in [0.1, 0.15) is 41.6 Å². The molecule has 3 aromatic heterocycles. The largest absolute Gasteiger partial charge is 0.305 e. The summed E-state index contributed by atoms with van der Waals surface area (Å²) in [5.74, 6) is 0. The van der Waals surface area contributed by atoms with E-state index in [1.807, 2.05) is 29.8 Å². The van der Waals surface area contributed by atoms with Crippen LogP contribution in [0.25, 0.3) is 53.8 Å². The van der Waals surface area contributed by atoms with Gasteiger partial charge in [-0.1, -0.05) is 113 Å². The summed E-state index contributed by atoms with van der Waals surface area (Å²) >= 11 is 1.82. The Bertz CT molecular complexity index is 2230. The molecular weight excluding hydrogens is 809 g/mol. The Balaban J connectivity index is 0.000000217. The van der Waals surface area contributed by atoms with E-state index in [9.17, 15) is 0 Å². The van der Waals surface area contributed by atoms with Gasteiger partial charge in [-0.25, -0.2) is 0 Å². The van der Waals surface area contributed by atoms with Crippen LogP contribution in [-0.4, -0.2) is 18.0 Å². The molecule has 4 aromatic carbocycles. The average molecular weight is 856 g/mol. The quantitative estimate of drug-likeness (QED) is 0.127. The van der Waals surface area contributed by atoms with E-state index >= 15 is 0 Å². The van der Waals surface area contributed by atoms with Crippen molar-refractivity contribution >= 4 is 44.8 Å². The third kappa shape index (κ3) is 8.71. The average Bonchev–Trinajstić information content (AvgIpc) is 3.47. The molecule has 0 aliphatic heterocycles. The van der Waals surface area contributed by atoms with Crippen molar-refractivity contribution in [2.75, 3.05) is 0 Å². The molecule has 1 radical (unpaired) electrons. The molecule has 3 heterocycles. The molecule has 0 N–H and O–H groups in total. The van der Waals surface area contributed by atoms with E-state index in [1.54, 1.807) is 12.1 Å². The molecule has 0 aliphatic rings. The minimum Gasteiger partial charge on any atom is -0.305 e. The first-order valence-electron chi connectivity index (χ1n) is 17.9. The predicted octanol–water partition coefficient (Wildman–Crippen LogP) is 11.9. The van der Waals surface area contributed by atoms with Gasteiger partial charge in [-0.3, -0.25) is 0 Å². The van der Waals surface area contributed by atoms with Gasteiger partial charge in [0.1, 0.15) is 0 Å². The van der Waals surface area contributed by atoms with Gasteiger partial charge in [0.05, 0.1) is 8.07 Å². The number of aryl methyl sites for hydroxylation is 2. The Hall–Kier alpha value is -3.73. The zero-order chi connectivity index (χ0) is 36.6. The minimum atomic E-state index is -2.08. The normalized spacial score (nSPS) is 12.8. The fraction of sp³-hybridized carbons (Fsp3) is 0.227. The van der Waals surface area contributed by atoms with Crippen molar-refractivity contribution in [3.05, 3.63) is 138 Å². The van der Waals surface area contributed by atoms with E-state index in [-0.39, 0.29) is 25.5 Å². The van der Waals surface area contributed by atoms with Crippen LogP contribution in [0.5, 0.6) is 0 Å². The predicted molar refractivity (Wildman–Crippen MR) is 211 cm³/mol. The molecule has 0 atom stereocenters. The zero-order valence-electron chi connectivity index (χ0n) is 32.2. The number of rotatable bonds is 5. The van der Waals surface area contributed by atoms with E-state index in [0.29, 0.717) is 5.56 Å². The number of hydrogen-bond acceptors (Lipinski definition) is 3. The number of nitrogens with zero attached hydrogens (tertiary/aromatic N) is 2. The third-order valence-corrected chi connectivity index (χ3v) is 11.6. The van der Waals surface area contributed by atoms with E-state index < -0.39 is 14.9 Å². The van der Waals surface area contributed by atoms with Crippen LogP contribution in [0.15, 0.2) is 109 Å². The number of benzene rings is 4. The van der Waals surface area contributed by atoms with Crippen molar-refractivity contribution in [1.29, 1.82) is 0 Å². The molecule has 0 spiro atoms. The summed E-state index contributed by atoms with van der Waals surface area (Å²) in [6, 6.07) is 39.6. The third-order valence-electron chi connectivity index (χ3n) is 8.46. The summed E-state index contributed by atoms with van der Waals surface area (Å²) in [5, 5.41) is 3.93. The van der Waals surface area contributed by atoms with Gasteiger partial charge in [-0.15, -0.1) is 59.2 Å². The number of thiophene rings is 1. The van der Waals surface area contributed by atoms with Crippen LogP contribution in [0.3, 0.4) is 0 Å². The van der Waals surface area contributed by atoms with Crippen molar-refractivity contribution < 1.29 is 24.2 Å². The van der Waals surface area contributed by atoms with E-state index in [1.165, 1.54) is 53.7 Å². The molecule has 0 aliphatic carbocycles. The first kappa shape index (κ1) is 32.5. The van der Waals surface area contributed by atoms with Gasteiger partial charge in [-0.05, 0) is 74.2 Å². The van der Waals surface area contributed by atoms with Crippen molar-refractivity contribution in [2.24, 2.45) is 5.41 Å².